The number of rotatable bonds is 8. The summed E-state index contributed by atoms with van der Waals surface area (Å²) in [5.41, 5.74) is 2.36. The predicted octanol–water partition coefficient (Wildman–Crippen LogP) is 5.28. The van der Waals surface area contributed by atoms with E-state index in [2.05, 4.69) is 15.2 Å². The molecule has 0 bridgehead atoms. The molecule has 2 aromatic heterocycles. The van der Waals surface area contributed by atoms with Gasteiger partial charge in [0.15, 0.2) is 0 Å². The molecule has 178 valence electrons. The Hall–Kier alpha value is -3.92. The van der Waals surface area contributed by atoms with Gasteiger partial charge in [0.1, 0.15) is 5.01 Å². The lowest BCUT2D eigenvalue weighted by atomic mass is 10.1. The maximum Gasteiger partial charge on any atom is 0.269 e. The summed E-state index contributed by atoms with van der Waals surface area (Å²) in [5.74, 6) is 0.583. The van der Waals surface area contributed by atoms with Gasteiger partial charge in [-0.3, -0.25) is 14.9 Å². The number of nitro groups is 1. The van der Waals surface area contributed by atoms with Crippen molar-refractivity contribution in [2.24, 2.45) is 0 Å². The van der Waals surface area contributed by atoms with Crippen molar-refractivity contribution in [3.8, 4) is 22.0 Å². The van der Waals surface area contributed by atoms with Crippen molar-refractivity contribution in [2.45, 2.75) is 44.7 Å². The molecule has 1 amide bonds. The lowest BCUT2D eigenvalue weighted by Gasteiger charge is -2.27. The third-order valence-electron chi connectivity index (χ3n) is 6.09. The Morgan fingerprint density at radius 1 is 1.06 bits per heavy atom. The highest BCUT2D eigenvalue weighted by Crippen LogP contribution is 2.28. The summed E-state index contributed by atoms with van der Waals surface area (Å²) in [5, 5.41) is 21.9. The summed E-state index contributed by atoms with van der Waals surface area (Å²) in [7, 11) is 0. The van der Waals surface area contributed by atoms with Crippen LogP contribution in [0.4, 0.5) is 5.69 Å². The molecular formula is C25H23N5O4S. The largest absolute Gasteiger partial charge is 0.419 e. The first-order valence-electron chi connectivity index (χ1n) is 11.4. The molecule has 0 radical (unpaired) electrons. The maximum atomic E-state index is 13.4. The minimum atomic E-state index is -0.459. The number of hydrogen-bond acceptors (Lipinski definition) is 8. The number of aromatic nitrogens is 3. The van der Waals surface area contributed by atoms with Gasteiger partial charge in [-0.1, -0.05) is 43.2 Å². The highest BCUT2D eigenvalue weighted by molar-refractivity contribution is 7.13. The van der Waals surface area contributed by atoms with Crippen molar-refractivity contribution in [3.63, 3.8) is 0 Å². The molecule has 0 N–H and O–H groups in total. The van der Waals surface area contributed by atoms with Crippen molar-refractivity contribution in [3.05, 3.63) is 81.7 Å². The van der Waals surface area contributed by atoms with E-state index in [4.69, 9.17) is 4.42 Å². The van der Waals surface area contributed by atoms with E-state index in [1.807, 2.05) is 40.6 Å². The van der Waals surface area contributed by atoms with Gasteiger partial charge in [-0.25, -0.2) is 4.98 Å². The number of amides is 1. The fraction of sp³-hybridized carbons (Fsp3) is 0.280. The number of carbonyl (C=O) groups is 1. The van der Waals surface area contributed by atoms with Crippen molar-refractivity contribution < 1.29 is 14.1 Å². The molecule has 35 heavy (non-hydrogen) atoms. The van der Waals surface area contributed by atoms with Gasteiger partial charge in [-0.15, -0.1) is 21.5 Å². The molecule has 0 unspecified atom stereocenters. The molecule has 1 aliphatic carbocycles. The van der Waals surface area contributed by atoms with Gasteiger partial charge < -0.3 is 9.32 Å². The Kier molecular flexibility index (Phi) is 6.62. The van der Waals surface area contributed by atoms with Gasteiger partial charge in [-0.2, -0.15) is 0 Å². The zero-order valence-corrected chi connectivity index (χ0v) is 19.7. The number of thiazole rings is 1. The van der Waals surface area contributed by atoms with Crippen molar-refractivity contribution >= 4 is 22.9 Å². The molecule has 0 saturated heterocycles. The van der Waals surface area contributed by atoms with Crippen LogP contribution in [0.25, 0.3) is 22.0 Å². The van der Waals surface area contributed by atoms with E-state index in [0.29, 0.717) is 11.5 Å². The monoisotopic (exact) mass is 489 g/mol. The van der Waals surface area contributed by atoms with Crippen LogP contribution in [0, 0.1) is 10.1 Å². The van der Waals surface area contributed by atoms with Crippen molar-refractivity contribution in [1.29, 1.82) is 0 Å². The molecule has 4 aromatic rings. The van der Waals surface area contributed by atoms with Crippen LogP contribution in [0.3, 0.4) is 0 Å². The van der Waals surface area contributed by atoms with Crippen LogP contribution in [0.5, 0.6) is 0 Å². The molecular weight excluding hydrogens is 466 g/mol. The van der Waals surface area contributed by atoms with Gasteiger partial charge in [0.05, 0.1) is 23.6 Å². The highest BCUT2D eigenvalue weighted by Gasteiger charge is 2.29. The fourth-order valence-electron chi connectivity index (χ4n) is 4.30. The average Bonchev–Trinajstić information content (AvgIpc) is 3.65. The molecule has 5 rings (SSSR count). The Balaban J connectivity index is 1.31. The van der Waals surface area contributed by atoms with E-state index in [1.165, 1.54) is 23.5 Å². The van der Waals surface area contributed by atoms with Crippen LogP contribution in [0.15, 0.2) is 64.4 Å². The molecule has 1 fully saturated rings. The Labute approximate surface area is 205 Å². The number of nitro benzene ring substituents is 1. The Morgan fingerprint density at radius 3 is 2.51 bits per heavy atom. The second kappa shape index (κ2) is 10.1. The standard InChI is InChI=1S/C25H23N5O4S/c31-23(14-19-16-35-25(26-19)18-6-2-1-3-7-18)29(20-8-4-5-9-20)15-22-27-28-24(34-22)17-10-12-21(13-11-17)30(32)33/h1-3,6-7,10-13,16,20H,4-5,8-9,14-15H2. The fourth-order valence-corrected chi connectivity index (χ4v) is 5.13. The minimum absolute atomic E-state index is 0.0102. The smallest absolute Gasteiger partial charge is 0.269 e. The van der Waals surface area contributed by atoms with Gasteiger partial charge in [0.25, 0.3) is 5.69 Å². The van der Waals surface area contributed by atoms with Crippen LogP contribution < -0.4 is 0 Å². The summed E-state index contributed by atoms with van der Waals surface area (Å²) in [6.07, 6.45) is 4.27. The first kappa shape index (κ1) is 22.9. The second-order valence-electron chi connectivity index (χ2n) is 8.45. The molecule has 1 aliphatic rings. The van der Waals surface area contributed by atoms with Crippen LogP contribution >= 0.6 is 11.3 Å². The molecule has 0 atom stereocenters. The highest BCUT2D eigenvalue weighted by atomic mass is 32.1. The van der Waals surface area contributed by atoms with E-state index in [0.717, 1.165) is 41.9 Å². The van der Waals surface area contributed by atoms with E-state index in [1.54, 1.807) is 12.1 Å². The van der Waals surface area contributed by atoms with Crippen LogP contribution in [0.2, 0.25) is 0 Å². The number of carbonyl (C=O) groups excluding carboxylic acids is 1. The minimum Gasteiger partial charge on any atom is -0.419 e. The Bertz CT molecular complexity index is 1310. The zero-order valence-electron chi connectivity index (χ0n) is 18.9. The van der Waals surface area contributed by atoms with Crippen LogP contribution in [-0.2, 0) is 17.8 Å². The van der Waals surface area contributed by atoms with E-state index in [-0.39, 0.29) is 36.5 Å². The van der Waals surface area contributed by atoms with Gasteiger partial charge in [-0.05, 0) is 25.0 Å². The topological polar surface area (TPSA) is 115 Å². The third-order valence-corrected chi connectivity index (χ3v) is 7.03. The van der Waals surface area contributed by atoms with Crippen LogP contribution in [-0.4, -0.2) is 37.0 Å². The summed E-state index contributed by atoms with van der Waals surface area (Å²) < 4.78 is 5.82. The molecule has 1 saturated carbocycles. The van der Waals surface area contributed by atoms with Gasteiger partial charge in [0.2, 0.25) is 17.7 Å². The maximum absolute atomic E-state index is 13.4. The Morgan fingerprint density at radius 2 is 1.80 bits per heavy atom. The molecule has 0 spiro atoms. The lowest BCUT2D eigenvalue weighted by molar-refractivity contribution is -0.384. The predicted molar refractivity (Wildman–Crippen MR) is 130 cm³/mol. The number of benzene rings is 2. The number of nitrogens with zero attached hydrogens (tertiary/aromatic N) is 5. The summed E-state index contributed by atoms with van der Waals surface area (Å²) in [4.78, 5) is 30.3. The normalized spacial score (nSPS) is 13.7. The van der Waals surface area contributed by atoms with E-state index < -0.39 is 4.92 Å². The number of non-ortho nitro benzene ring substituents is 1. The third kappa shape index (κ3) is 5.27. The molecule has 10 heteroatoms. The zero-order chi connectivity index (χ0) is 24.2. The van der Waals surface area contributed by atoms with E-state index in [9.17, 15) is 14.9 Å². The van der Waals surface area contributed by atoms with Crippen molar-refractivity contribution in [2.75, 3.05) is 0 Å². The van der Waals surface area contributed by atoms with Gasteiger partial charge in [0, 0.05) is 34.7 Å². The molecule has 2 heterocycles. The van der Waals surface area contributed by atoms with Gasteiger partial charge >= 0.3 is 0 Å². The summed E-state index contributed by atoms with van der Waals surface area (Å²) in [6.45, 7) is 0.221. The molecule has 0 aliphatic heterocycles. The first-order chi connectivity index (χ1) is 17.1. The quantitative estimate of drug-likeness (QED) is 0.244. The molecule has 9 nitrogen and oxygen atoms in total. The van der Waals surface area contributed by atoms with Crippen LogP contribution in [0.1, 0.15) is 37.3 Å². The summed E-state index contributed by atoms with van der Waals surface area (Å²) in [6, 6.07) is 16.0. The summed E-state index contributed by atoms with van der Waals surface area (Å²) >= 11 is 1.53. The SMILES string of the molecule is O=C(Cc1csc(-c2ccccc2)n1)N(Cc1nnc(-c2ccc([N+](=O)[O-])cc2)o1)C1CCCC1. The average molecular weight is 490 g/mol. The van der Waals surface area contributed by atoms with E-state index >= 15 is 0 Å². The molecule has 2 aromatic carbocycles. The second-order valence-corrected chi connectivity index (χ2v) is 9.31. The lowest BCUT2D eigenvalue weighted by Crippen LogP contribution is -2.39. The first-order valence-corrected chi connectivity index (χ1v) is 12.3. The number of hydrogen-bond donors (Lipinski definition) is 0. The van der Waals surface area contributed by atoms with Crippen molar-refractivity contribution in [1.82, 2.24) is 20.1 Å².